The Morgan fingerprint density at radius 2 is 1.82 bits per heavy atom. The van der Waals surface area contributed by atoms with Gasteiger partial charge in [0.25, 0.3) is 5.91 Å². The number of nitrogens with zero attached hydrogens (tertiary/aromatic N) is 1. The molecular weight excluding hydrogens is 369 g/mol. The Balaban J connectivity index is 2.10. The highest BCUT2D eigenvalue weighted by Crippen LogP contribution is 2.25. The maximum atomic E-state index is 13.5. The molecule has 0 saturated carbocycles. The van der Waals surface area contributed by atoms with E-state index in [9.17, 15) is 18.8 Å². The highest BCUT2D eigenvalue weighted by Gasteiger charge is 2.21. The molecule has 0 aromatic heterocycles. The molecule has 0 radical (unpaired) electrons. The van der Waals surface area contributed by atoms with E-state index in [1.165, 1.54) is 32.2 Å². The number of rotatable bonds is 6. The number of ether oxygens (including phenoxy) is 2. The first-order valence-electron chi connectivity index (χ1n) is 8.13. The molecule has 2 rings (SSSR count). The zero-order valence-electron chi connectivity index (χ0n) is 15.6. The van der Waals surface area contributed by atoms with Crippen LogP contribution in [0, 0.1) is 5.82 Å². The Hall–Kier alpha value is -3.62. The van der Waals surface area contributed by atoms with Crippen molar-refractivity contribution < 1.29 is 28.2 Å². The summed E-state index contributed by atoms with van der Waals surface area (Å²) in [5.74, 6) is -2.48. The quantitative estimate of drug-likeness (QED) is 0.728. The zero-order valence-corrected chi connectivity index (χ0v) is 15.6. The van der Waals surface area contributed by atoms with Crippen molar-refractivity contribution in [1.82, 2.24) is 4.90 Å². The summed E-state index contributed by atoms with van der Waals surface area (Å²) in [6.07, 6.45) is 0. The van der Waals surface area contributed by atoms with Crippen molar-refractivity contribution >= 4 is 23.4 Å². The summed E-state index contributed by atoms with van der Waals surface area (Å²) in [6, 6.07) is 8.36. The Bertz CT molecular complexity index is 916. The van der Waals surface area contributed by atoms with E-state index in [4.69, 9.17) is 15.2 Å². The fraction of sp³-hybridized carbons (Fsp3) is 0.211. The third-order valence-corrected chi connectivity index (χ3v) is 3.93. The van der Waals surface area contributed by atoms with E-state index in [-0.39, 0.29) is 17.8 Å². The molecule has 28 heavy (non-hydrogen) atoms. The summed E-state index contributed by atoms with van der Waals surface area (Å²) in [6.45, 7) is 0.107. The lowest BCUT2D eigenvalue weighted by Gasteiger charge is -2.19. The first kappa shape index (κ1) is 20.7. The Labute approximate surface area is 161 Å². The molecule has 0 atom stereocenters. The predicted octanol–water partition coefficient (Wildman–Crippen LogP) is 1.54. The molecule has 2 aromatic carbocycles. The van der Waals surface area contributed by atoms with Crippen molar-refractivity contribution in [3.05, 3.63) is 53.3 Å². The van der Waals surface area contributed by atoms with Crippen LogP contribution in [0.25, 0.3) is 0 Å². The molecule has 0 unspecified atom stereocenters. The van der Waals surface area contributed by atoms with Crippen molar-refractivity contribution in [2.24, 2.45) is 5.73 Å². The van der Waals surface area contributed by atoms with Crippen LogP contribution in [0.1, 0.15) is 15.9 Å². The minimum atomic E-state index is -0.983. The summed E-state index contributed by atoms with van der Waals surface area (Å²) in [5.41, 5.74) is 5.43. The normalized spacial score (nSPS) is 10.1. The SMILES string of the molecule is COc1ccc(CN(C)C(=O)C(=O)Nc2ccc(F)c(C(N)=O)c2)c(OC)c1. The second kappa shape index (κ2) is 8.85. The fourth-order valence-electron chi connectivity index (χ4n) is 2.46. The van der Waals surface area contributed by atoms with E-state index >= 15 is 0 Å². The van der Waals surface area contributed by atoms with E-state index in [1.807, 2.05) is 0 Å². The van der Waals surface area contributed by atoms with Crippen LogP contribution in [0.2, 0.25) is 0 Å². The summed E-state index contributed by atoms with van der Waals surface area (Å²) in [5, 5.41) is 2.32. The zero-order chi connectivity index (χ0) is 20.8. The number of nitrogens with one attached hydrogen (secondary N) is 1. The first-order chi connectivity index (χ1) is 13.3. The lowest BCUT2D eigenvalue weighted by Crippen LogP contribution is -2.36. The Morgan fingerprint density at radius 3 is 2.43 bits per heavy atom. The second-order valence-corrected chi connectivity index (χ2v) is 5.85. The lowest BCUT2D eigenvalue weighted by atomic mass is 10.1. The molecule has 0 fully saturated rings. The number of methoxy groups -OCH3 is 2. The van der Waals surface area contributed by atoms with Crippen molar-refractivity contribution in [3.63, 3.8) is 0 Å². The molecule has 0 aliphatic heterocycles. The Kier molecular flexibility index (Phi) is 6.54. The number of likely N-dealkylation sites (N-methyl/N-ethyl adjacent to an activating group) is 1. The van der Waals surface area contributed by atoms with Crippen LogP contribution in [0.5, 0.6) is 11.5 Å². The number of carbonyl (C=O) groups is 3. The molecule has 0 spiro atoms. The van der Waals surface area contributed by atoms with Gasteiger partial charge in [-0.05, 0) is 30.3 Å². The highest BCUT2D eigenvalue weighted by molar-refractivity contribution is 6.39. The first-order valence-corrected chi connectivity index (χ1v) is 8.13. The summed E-state index contributed by atoms with van der Waals surface area (Å²) >= 11 is 0. The van der Waals surface area contributed by atoms with Gasteiger partial charge in [0, 0.05) is 30.9 Å². The van der Waals surface area contributed by atoms with Gasteiger partial charge < -0.3 is 25.4 Å². The molecular formula is C19H20FN3O5. The Morgan fingerprint density at radius 1 is 1.11 bits per heavy atom. The van der Waals surface area contributed by atoms with Crippen molar-refractivity contribution in [2.75, 3.05) is 26.6 Å². The summed E-state index contributed by atoms with van der Waals surface area (Å²) < 4.78 is 23.9. The molecule has 9 heteroatoms. The smallest absolute Gasteiger partial charge is 0.313 e. The minimum Gasteiger partial charge on any atom is -0.497 e. The minimum absolute atomic E-state index is 0.0731. The maximum Gasteiger partial charge on any atom is 0.313 e. The number of carbonyl (C=O) groups excluding carboxylic acids is 3. The van der Waals surface area contributed by atoms with E-state index in [1.54, 1.807) is 18.2 Å². The largest absolute Gasteiger partial charge is 0.497 e. The molecule has 2 aromatic rings. The number of anilines is 1. The molecule has 3 amide bonds. The number of amides is 3. The average molecular weight is 389 g/mol. The molecule has 0 heterocycles. The number of benzene rings is 2. The lowest BCUT2D eigenvalue weighted by molar-refractivity contribution is -0.142. The number of halogens is 1. The van der Waals surface area contributed by atoms with Gasteiger partial charge in [-0.25, -0.2) is 4.39 Å². The maximum absolute atomic E-state index is 13.5. The predicted molar refractivity (Wildman–Crippen MR) is 99.6 cm³/mol. The van der Waals surface area contributed by atoms with Crippen molar-refractivity contribution in [1.29, 1.82) is 0 Å². The summed E-state index contributed by atoms with van der Waals surface area (Å²) in [4.78, 5) is 36.9. The summed E-state index contributed by atoms with van der Waals surface area (Å²) in [7, 11) is 4.45. The molecule has 3 N–H and O–H groups in total. The van der Waals surface area contributed by atoms with Gasteiger partial charge in [0.1, 0.15) is 17.3 Å². The van der Waals surface area contributed by atoms with E-state index in [0.717, 1.165) is 12.1 Å². The molecule has 8 nitrogen and oxygen atoms in total. The number of nitrogens with two attached hydrogens (primary N) is 1. The van der Waals surface area contributed by atoms with Gasteiger partial charge in [0.15, 0.2) is 0 Å². The standard InChI is InChI=1S/C19H20FN3O5/c1-23(10-11-4-6-13(27-2)9-16(11)28-3)19(26)18(25)22-12-5-7-15(20)14(8-12)17(21)24/h4-9H,10H2,1-3H3,(H2,21,24)(H,22,25). The van der Waals surface area contributed by atoms with Crippen LogP contribution in [0.4, 0.5) is 10.1 Å². The van der Waals surface area contributed by atoms with Crippen LogP contribution in [0.3, 0.4) is 0 Å². The number of hydrogen-bond donors (Lipinski definition) is 2. The topological polar surface area (TPSA) is 111 Å². The number of hydrogen-bond acceptors (Lipinski definition) is 5. The van der Waals surface area contributed by atoms with E-state index in [0.29, 0.717) is 17.1 Å². The fourth-order valence-corrected chi connectivity index (χ4v) is 2.46. The van der Waals surface area contributed by atoms with Crippen LogP contribution in [-0.2, 0) is 16.1 Å². The van der Waals surface area contributed by atoms with Crippen LogP contribution in [-0.4, -0.2) is 43.9 Å². The van der Waals surface area contributed by atoms with Crippen LogP contribution < -0.4 is 20.5 Å². The van der Waals surface area contributed by atoms with Crippen molar-refractivity contribution in [2.45, 2.75) is 6.54 Å². The molecule has 0 aliphatic rings. The van der Waals surface area contributed by atoms with Gasteiger partial charge in [-0.2, -0.15) is 0 Å². The van der Waals surface area contributed by atoms with Gasteiger partial charge >= 0.3 is 11.8 Å². The third kappa shape index (κ3) is 4.76. The van der Waals surface area contributed by atoms with E-state index in [2.05, 4.69) is 5.32 Å². The van der Waals surface area contributed by atoms with Crippen molar-refractivity contribution in [3.8, 4) is 11.5 Å². The molecule has 148 valence electrons. The van der Waals surface area contributed by atoms with E-state index < -0.39 is 23.5 Å². The van der Waals surface area contributed by atoms with Gasteiger partial charge in [0.05, 0.1) is 19.8 Å². The average Bonchev–Trinajstić information content (AvgIpc) is 2.68. The highest BCUT2D eigenvalue weighted by atomic mass is 19.1. The molecule has 0 saturated heterocycles. The van der Waals surface area contributed by atoms with Crippen LogP contribution >= 0.6 is 0 Å². The van der Waals surface area contributed by atoms with Gasteiger partial charge in [-0.3, -0.25) is 14.4 Å². The van der Waals surface area contributed by atoms with Gasteiger partial charge in [0.2, 0.25) is 0 Å². The van der Waals surface area contributed by atoms with Gasteiger partial charge in [-0.1, -0.05) is 0 Å². The molecule has 0 aliphatic carbocycles. The van der Waals surface area contributed by atoms with Crippen LogP contribution in [0.15, 0.2) is 36.4 Å². The third-order valence-electron chi connectivity index (χ3n) is 3.93. The monoisotopic (exact) mass is 389 g/mol. The molecule has 0 bridgehead atoms. The van der Waals surface area contributed by atoms with Gasteiger partial charge in [-0.15, -0.1) is 0 Å². The second-order valence-electron chi connectivity index (χ2n) is 5.85. The number of primary amides is 1.